The lowest BCUT2D eigenvalue weighted by atomic mass is 9.87. The minimum atomic E-state index is -1.00. The van der Waals surface area contributed by atoms with Gasteiger partial charge in [-0.25, -0.2) is 9.18 Å². The van der Waals surface area contributed by atoms with Crippen LogP contribution in [0.2, 0.25) is 0 Å². The van der Waals surface area contributed by atoms with Gasteiger partial charge in [0.15, 0.2) is 0 Å². The van der Waals surface area contributed by atoms with E-state index in [1.807, 2.05) is 13.8 Å². The molecule has 0 saturated carbocycles. The van der Waals surface area contributed by atoms with Crippen molar-refractivity contribution in [2.24, 2.45) is 0 Å². The Morgan fingerprint density at radius 3 is 2.61 bits per heavy atom. The summed E-state index contributed by atoms with van der Waals surface area (Å²) in [7, 11) is 0. The molecule has 2 rings (SSSR count). The lowest BCUT2D eigenvalue weighted by Gasteiger charge is -2.38. The molecule has 28 heavy (non-hydrogen) atoms. The van der Waals surface area contributed by atoms with Crippen LogP contribution in [0.3, 0.4) is 0 Å². The van der Waals surface area contributed by atoms with E-state index in [4.69, 9.17) is 4.74 Å². The van der Waals surface area contributed by atoms with Gasteiger partial charge in [-0.15, -0.1) is 0 Å². The number of ether oxygens (including phenoxy) is 1. The van der Waals surface area contributed by atoms with E-state index in [1.165, 1.54) is 19.1 Å². The van der Waals surface area contributed by atoms with Crippen molar-refractivity contribution in [1.29, 1.82) is 0 Å². The zero-order chi connectivity index (χ0) is 20.7. The third kappa shape index (κ3) is 6.14. The number of benzene rings is 1. The Kier molecular flexibility index (Phi) is 8.14. The SMILES string of the molecule is CCC(CC)O[C@@H]1C=C(C(=O)O)C[C@H](NCc2cccc(F)c2)[C@H]1NC(C)=O. The van der Waals surface area contributed by atoms with Gasteiger partial charge in [-0.1, -0.05) is 26.0 Å². The summed E-state index contributed by atoms with van der Waals surface area (Å²) in [5.41, 5.74) is 0.986. The van der Waals surface area contributed by atoms with Crippen molar-refractivity contribution in [2.45, 2.75) is 70.9 Å². The molecule has 0 radical (unpaired) electrons. The molecule has 0 fully saturated rings. The predicted octanol–water partition coefficient (Wildman–Crippen LogP) is 2.78. The molecule has 0 aliphatic heterocycles. The topological polar surface area (TPSA) is 87.7 Å². The monoisotopic (exact) mass is 392 g/mol. The van der Waals surface area contributed by atoms with Crippen molar-refractivity contribution in [3.8, 4) is 0 Å². The van der Waals surface area contributed by atoms with Gasteiger partial charge in [0.25, 0.3) is 0 Å². The summed E-state index contributed by atoms with van der Waals surface area (Å²) in [4.78, 5) is 23.4. The third-order valence-corrected chi connectivity index (χ3v) is 4.96. The molecule has 154 valence electrons. The van der Waals surface area contributed by atoms with Gasteiger partial charge in [-0.3, -0.25) is 4.79 Å². The van der Waals surface area contributed by atoms with Crippen molar-refractivity contribution in [3.63, 3.8) is 0 Å². The number of nitrogens with one attached hydrogen (secondary N) is 2. The fourth-order valence-electron chi connectivity index (χ4n) is 3.46. The second-order valence-electron chi connectivity index (χ2n) is 7.08. The van der Waals surface area contributed by atoms with Crippen LogP contribution < -0.4 is 10.6 Å². The number of halogens is 1. The molecule has 3 N–H and O–H groups in total. The van der Waals surface area contributed by atoms with Crippen molar-refractivity contribution in [1.82, 2.24) is 10.6 Å². The van der Waals surface area contributed by atoms with Gasteiger partial charge in [-0.05, 0) is 43.0 Å². The summed E-state index contributed by atoms with van der Waals surface area (Å²) >= 11 is 0. The predicted molar refractivity (Wildman–Crippen MR) is 104 cm³/mol. The molecule has 7 heteroatoms. The van der Waals surface area contributed by atoms with Crippen LogP contribution in [0.1, 0.15) is 45.6 Å². The van der Waals surface area contributed by atoms with Gasteiger partial charge in [-0.2, -0.15) is 0 Å². The molecule has 0 aromatic heterocycles. The smallest absolute Gasteiger partial charge is 0.331 e. The first-order valence-corrected chi connectivity index (χ1v) is 9.68. The maximum atomic E-state index is 13.4. The molecular formula is C21H29FN2O4. The number of aliphatic carboxylic acids is 1. The second-order valence-corrected chi connectivity index (χ2v) is 7.08. The Labute approximate surface area is 165 Å². The zero-order valence-corrected chi connectivity index (χ0v) is 16.6. The summed E-state index contributed by atoms with van der Waals surface area (Å²) in [6.07, 6.45) is 2.82. The third-order valence-electron chi connectivity index (χ3n) is 4.96. The number of carboxylic acids is 1. The van der Waals surface area contributed by atoms with E-state index in [1.54, 1.807) is 18.2 Å². The average Bonchev–Trinajstić information content (AvgIpc) is 2.65. The van der Waals surface area contributed by atoms with Crippen LogP contribution in [-0.2, 0) is 20.9 Å². The van der Waals surface area contributed by atoms with E-state index in [-0.39, 0.29) is 35.9 Å². The molecule has 1 amide bonds. The zero-order valence-electron chi connectivity index (χ0n) is 16.6. The summed E-state index contributed by atoms with van der Waals surface area (Å²) in [5.74, 6) is -1.55. The fourth-order valence-corrected chi connectivity index (χ4v) is 3.46. The fraction of sp³-hybridized carbons (Fsp3) is 0.524. The van der Waals surface area contributed by atoms with E-state index in [2.05, 4.69) is 10.6 Å². The largest absolute Gasteiger partial charge is 0.478 e. The molecule has 0 spiro atoms. The number of carboxylic acid groups (broad SMARTS) is 1. The lowest BCUT2D eigenvalue weighted by molar-refractivity contribution is -0.133. The van der Waals surface area contributed by atoms with Crippen LogP contribution >= 0.6 is 0 Å². The van der Waals surface area contributed by atoms with Crippen molar-refractivity contribution in [3.05, 3.63) is 47.3 Å². The Morgan fingerprint density at radius 1 is 1.32 bits per heavy atom. The highest BCUT2D eigenvalue weighted by Crippen LogP contribution is 2.25. The van der Waals surface area contributed by atoms with Crippen LogP contribution in [0.25, 0.3) is 0 Å². The second kappa shape index (κ2) is 10.3. The van der Waals surface area contributed by atoms with Gasteiger partial charge >= 0.3 is 5.97 Å². The number of hydrogen-bond donors (Lipinski definition) is 3. The van der Waals surface area contributed by atoms with E-state index >= 15 is 0 Å². The molecule has 0 saturated heterocycles. The average molecular weight is 392 g/mol. The highest BCUT2D eigenvalue weighted by atomic mass is 19.1. The van der Waals surface area contributed by atoms with Crippen LogP contribution in [0.5, 0.6) is 0 Å². The standard InChI is InChI=1S/C21H29FN2O4/c1-4-17(5-2)28-19-11-15(21(26)27)10-18(20(19)24-13(3)25)23-12-14-7-6-8-16(22)9-14/h6-9,11,17-20,23H,4-5,10,12H2,1-3H3,(H,24,25)(H,26,27)/t18-,19+,20+/m0/s1. The maximum Gasteiger partial charge on any atom is 0.331 e. The molecule has 1 aromatic carbocycles. The quantitative estimate of drug-likeness (QED) is 0.602. The summed E-state index contributed by atoms with van der Waals surface area (Å²) in [6.45, 7) is 5.79. The molecular weight excluding hydrogens is 363 g/mol. The van der Waals surface area contributed by atoms with Crippen LogP contribution in [0.4, 0.5) is 4.39 Å². The van der Waals surface area contributed by atoms with Crippen molar-refractivity contribution >= 4 is 11.9 Å². The number of rotatable bonds is 9. The number of carbonyl (C=O) groups excluding carboxylic acids is 1. The maximum absolute atomic E-state index is 13.4. The van der Waals surface area contributed by atoms with Crippen LogP contribution in [-0.4, -0.2) is 41.3 Å². The van der Waals surface area contributed by atoms with Crippen LogP contribution in [0.15, 0.2) is 35.9 Å². The molecule has 1 aromatic rings. The molecule has 1 aliphatic carbocycles. The molecule has 0 bridgehead atoms. The molecule has 3 atom stereocenters. The minimum Gasteiger partial charge on any atom is -0.478 e. The van der Waals surface area contributed by atoms with E-state index in [0.29, 0.717) is 6.54 Å². The molecule has 6 nitrogen and oxygen atoms in total. The first kappa shape index (κ1) is 22.0. The Hall–Kier alpha value is -2.25. The highest BCUT2D eigenvalue weighted by Gasteiger charge is 2.37. The van der Waals surface area contributed by atoms with Crippen molar-refractivity contribution < 1.29 is 23.8 Å². The number of hydrogen-bond acceptors (Lipinski definition) is 4. The normalized spacial score (nSPS) is 22.0. The lowest BCUT2D eigenvalue weighted by Crippen LogP contribution is -2.58. The minimum absolute atomic E-state index is 0.0328. The Morgan fingerprint density at radius 2 is 2.04 bits per heavy atom. The van der Waals surface area contributed by atoms with Gasteiger partial charge < -0.3 is 20.5 Å². The highest BCUT2D eigenvalue weighted by molar-refractivity contribution is 5.87. The summed E-state index contributed by atoms with van der Waals surface area (Å²) in [5, 5.41) is 15.7. The molecule has 0 unspecified atom stereocenters. The van der Waals surface area contributed by atoms with E-state index in [0.717, 1.165) is 18.4 Å². The Bertz CT molecular complexity index is 718. The van der Waals surface area contributed by atoms with Gasteiger partial charge in [0.2, 0.25) is 5.91 Å². The number of carbonyl (C=O) groups is 2. The van der Waals surface area contributed by atoms with Gasteiger partial charge in [0.1, 0.15) is 5.82 Å². The Balaban J connectivity index is 2.25. The van der Waals surface area contributed by atoms with E-state index < -0.39 is 18.1 Å². The van der Waals surface area contributed by atoms with Gasteiger partial charge in [0, 0.05) is 25.1 Å². The molecule has 1 aliphatic rings. The number of amides is 1. The van der Waals surface area contributed by atoms with Crippen LogP contribution in [0, 0.1) is 5.82 Å². The summed E-state index contributed by atoms with van der Waals surface area (Å²) in [6, 6.07) is 5.43. The molecule has 0 heterocycles. The van der Waals surface area contributed by atoms with Gasteiger partial charge in [0.05, 0.1) is 18.2 Å². The van der Waals surface area contributed by atoms with E-state index in [9.17, 15) is 19.1 Å². The first-order valence-electron chi connectivity index (χ1n) is 9.68. The van der Waals surface area contributed by atoms with Crippen molar-refractivity contribution in [2.75, 3.05) is 0 Å². The summed E-state index contributed by atoms with van der Waals surface area (Å²) < 4.78 is 19.6. The first-order chi connectivity index (χ1) is 13.3.